The Kier molecular flexibility index (Phi) is 3.04. The van der Waals surface area contributed by atoms with Crippen LogP contribution in [-0.2, 0) is 0 Å². The van der Waals surface area contributed by atoms with Gasteiger partial charge in [0.25, 0.3) is 0 Å². The molecule has 1 unspecified atom stereocenters. The third-order valence-electron chi connectivity index (χ3n) is 1.76. The average Bonchev–Trinajstić information content (AvgIpc) is 2.52. The molecule has 0 aliphatic rings. The van der Waals surface area contributed by atoms with E-state index in [1.54, 1.807) is 12.7 Å². The van der Waals surface area contributed by atoms with Gasteiger partial charge in [-0.15, -0.1) is 10.2 Å². The Bertz CT molecular complexity index is 182. The predicted octanol–water partition coefficient (Wildman–Crippen LogP) is 0.449. The number of rotatable bonds is 4. The first kappa shape index (κ1) is 8.20. The van der Waals surface area contributed by atoms with Crippen LogP contribution in [0, 0.1) is 0 Å². The molecule has 11 heavy (non-hydrogen) atoms. The van der Waals surface area contributed by atoms with Crippen LogP contribution in [0.1, 0.15) is 19.4 Å². The Hall–Kier alpha value is -0.900. The third kappa shape index (κ3) is 2.31. The Morgan fingerprint density at radius 2 is 2.09 bits per heavy atom. The molecular weight excluding hydrogens is 140 g/mol. The molecule has 0 fully saturated rings. The lowest BCUT2D eigenvalue weighted by Crippen LogP contribution is -2.13. The van der Waals surface area contributed by atoms with Gasteiger partial charge in [-0.3, -0.25) is 0 Å². The van der Waals surface area contributed by atoms with Crippen LogP contribution in [0.3, 0.4) is 0 Å². The number of hydrogen-bond donors (Lipinski definition) is 1. The Labute approximate surface area is 66.6 Å². The first-order valence-electron chi connectivity index (χ1n) is 3.83. The minimum Gasteiger partial charge on any atom is -0.320 e. The molecule has 0 amide bonds. The van der Waals surface area contributed by atoms with Crippen LogP contribution >= 0.6 is 0 Å². The van der Waals surface area contributed by atoms with Gasteiger partial charge in [-0.25, -0.2) is 0 Å². The van der Waals surface area contributed by atoms with E-state index < -0.39 is 0 Å². The van der Waals surface area contributed by atoms with E-state index in [0.717, 1.165) is 13.0 Å². The van der Waals surface area contributed by atoms with Crippen molar-refractivity contribution in [1.82, 2.24) is 20.1 Å². The number of nitrogens with zero attached hydrogens (tertiary/aromatic N) is 3. The van der Waals surface area contributed by atoms with Crippen molar-refractivity contribution in [1.29, 1.82) is 0 Å². The summed E-state index contributed by atoms with van der Waals surface area (Å²) in [5.74, 6) is 0. The van der Waals surface area contributed by atoms with Gasteiger partial charge in [0, 0.05) is 6.04 Å². The number of aromatic nitrogens is 3. The maximum atomic E-state index is 3.74. The van der Waals surface area contributed by atoms with E-state index in [1.165, 1.54) is 0 Å². The van der Waals surface area contributed by atoms with Gasteiger partial charge in [0.2, 0.25) is 0 Å². The van der Waals surface area contributed by atoms with Gasteiger partial charge in [0.05, 0.1) is 0 Å². The normalized spacial score (nSPS) is 13.3. The summed E-state index contributed by atoms with van der Waals surface area (Å²) in [4.78, 5) is 0. The minimum atomic E-state index is 0.484. The molecule has 1 rings (SSSR count). The summed E-state index contributed by atoms with van der Waals surface area (Å²) in [5.41, 5.74) is 0. The van der Waals surface area contributed by atoms with Gasteiger partial charge < -0.3 is 9.88 Å². The summed E-state index contributed by atoms with van der Waals surface area (Å²) in [6, 6.07) is 0.484. The van der Waals surface area contributed by atoms with Crippen LogP contribution in [0.2, 0.25) is 0 Å². The van der Waals surface area contributed by atoms with Crippen LogP contribution in [-0.4, -0.2) is 28.4 Å². The molecule has 1 aromatic heterocycles. The van der Waals surface area contributed by atoms with Crippen LogP contribution in [0.4, 0.5) is 0 Å². The lowest BCUT2D eigenvalue weighted by molar-refractivity contribution is 0.493. The average molecular weight is 154 g/mol. The first-order chi connectivity index (χ1) is 5.34. The molecule has 0 aliphatic heterocycles. The van der Waals surface area contributed by atoms with Crippen molar-refractivity contribution in [2.45, 2.75) is 19.4 Å². The van der Waals surface area contributed by atoms with Crippen LogP contribution in [0.15, 0.2) is 12.7 Å². The minimum absolute atomic E-state index is 0.484. The molecule has 1 heterocycles. The molecule has 0 saturated heterocycles. The molecule has 0 aliphatic carbocycles. The van der Waals surface area contributed by atoms with E-state index >= 15 is 0 Å². The van der Waals surface area contributed by atoms with Crippen molar-refractivity contribution in [3.8, 4) is 0 Å². The molecule has 4 heteroatoms. The summed E-state index contributed by atoms with van der Waals surface area (Å²) in [5, 5.41) is 10.6. The summed E-state index contributed by atoms with van der Waals surface area (Å²) < 4.78 is 2.01. The highest BCUT2D eigenvalue weighted by atomic mass is 15.2. The monoisotopic (exact) mass is 154 g/mol. The maximum absolute atomic E-state index is 3.74. The molecule has 1 aromatic rings. The smallest absolute Gasteiger partial charge is 0.119 e. The van der Waals surface area contributed by atoms with Crippen LogP contribution in [0.25, 0.3) is 0 Å². The highest BCUT2D eigenvalue weighted by Gasteiger charge is 2.01. The predicted molar refractivity (Wildman–Crippen MR) is 43.3 cm³/mol. The fourth-order valence-corrected chi connectivity index (χ4v) is 0.939. The fraction of sp³-hybridized carbons (Fsp3) is 0.714. The van der Waals surface area contributed by atoms with Crippen molar-refractivity contribution < 1.29 is 0 Å². The zero-order valence-electron chi connectivity index (χ0n) is 6.99. The van der Waals surface area contributed by atoms with Gasteiger partial charge in [-0.1, -0.05) is 0 Å². The Balaban J connectivity index is 2.36. The molecule has 1 N–H and O–H groups in total. The first-order valence-corrected chi connectivity index (χ1v) is 3.83. The van der Waals surface area contributed by atoms with Crippen molar-refractivity contribution >= 4 is 0 Å². The maximum Gasteiger partial charge on any atom is 0.119 e. The third-order valence-corrected chi connectivity index (χ3v) is 1.76. The second-order valence-electron chi connectivity index (χ2n) is 2.65. The van der Waals surface area contributed by atoms with Crippen LogP contribution in [0.5, 0.6) is 0 Å². The molecule has 4 nitrogen and oxygen atoms in total. The Morgan fingerprint density at radius 3 is 2.64 bits per heavy atom. The molecule has 0 aromatic carbocycles. The summed E-state index contributed by atoms with van der Waals surface area (Å²) in [6.07, 6.45) is 4.61. The highest BCUT2D eigenvalue weighted by molar-refractivity contribution is 4.69. The topological polar surface area (TPSA) is 42.7 Å². The van der Waals surface area contributed by atoms with E-state index in [-0.39, 0.29) is 0 Å². The molecule has 0 bridgehead atoms. The van der Waals surface area contributed by atoms with Crippen molar-refractivity contribution in [3.05, 3.63) is 12.7 Å². The molecule has 0 spiro atoms. The van der Waals surface area contributed by atoms with E-state index in [1.807, 2.05) is 11.6 Å². The number of hydrogen-bond acceptors (Lipinski definition) is 3. The van der Waals surface area contributed by atoms with E-state index in [2.05, 4.69) is 22.4 Å². The molecule has 1 atom stereocenters. The largest absolute Gasteiger partial charge is 0.320 e. The zero-order valence-corrected chi connectivity index (χ0v) is 6.99. The fourth-order valence-electron chi connectivity index (χ4n) is 0.939. The summed E-state index contributed by atoms with van der Waals surface area (Å²) >= 11 is 0. The van der Waals surface area contributed by atoms with Gasteiger partial charge >= 0.3 is 0 Å². The van der Waals surface area contributed by atoms with Crippen LogP contribution < -0.4 is 5.32 Å². The van der Waals surface area contributed by atoms with Gasteiger partial charge in [-0.05, 0) is 26.9 Å². The lowest BCUT2D eigenvalue weighted by atomic mass is 10.2. The second kappa shape index (κ2) is 4.08. The van der Waals surface area contributed by atoms with E-state index in [4.69, 9.17) is 0 Å². The Morgan fingerprint density at radius 1 is 1.45 bits per heavy atom. The van der Waals surface area contributed by atoms with Gasteiger partial charge in [0.1, 0.15) is 12.7 Å². The molecule has 0 saturated carbocycles. The molecule has 0 radical (unpaired) electrons. The van der Waals surface area contributed by atoms with E-state index in [0.29, 0.717) is 6.04 Å². The van der Waals surface area contributed by atoms with Gasteiger partial charge in [0.15, 0.2) is 0 Å². The van der Waals surface area contributed by atoms with Crippen molar-refractivity contribution in [3.63, 3.8) is 0 Å². The lowest BCUT2D eigenvalue weighted by Gasteiger charge is -2.10. The molecular formula is C7H14N4. The standard InChI is InChI=1S/C7H14N4/c1-7(3-4-8-2)11-5-9-10-6-11/h5-8H,3-4H2,1-2H3. The molecule has 62 valence electrons. The second-order valence-corrected chi connectivity index (χ2v) is 2.65. The summed E-state index contributed by atoms with van der Waals surface area (Å²) in [7, 11) is 1.96. The van der Waals surface area contributed by atoms with Gasteiger partial charge in [-0.2, -0.15) is 0 Å². The summed E-state index contributed by atoms with van der Waals surface area (Å²) in [6.45, 7) is 3.18. The van der Waals surface area contributed by atoms with E-state index in [9.17, 15) is 0 Å². The quantitative estimate of drug-likeness (QED) is 0.684. The SMILES string of the molecule is CNCCC(C)n1cnnc1. The van der Waals surface area contributed by atoms with Crippen molar-refractivity contribution in [2.24, 2.45) is 0 Å². The van der Waals surface area contributed by atoms with Crippen molar-refractivity contribution in [2.75, 3.05) is 13.6 Å². The highest BCUT2D eigenvalue weighted by Crippen LogP contribution is 2.06. The zero-order chi connectivity index (χ0) is 8.10. The number of nitrogens with one attached hydrogen (secondary N) is 1.